The van der Waals surface area contributed by atoms with E-state index in [0.29, 0.717) is 17.5 Å². The number of hydrogen-bond acceptors (Lipinski definition) is 3. The molecule has 0 aliphatic rings. The number of rotatable bonds is 3. The van der Waals surface area contributed by atoms with Crippen LogP contribution in [0.4, 0.5) is 0 Å². The summed E-state index contributed by atoms with van der Waals surface area (Å²) in [4.78, 5) is 19.4. The summed E-state index contributed by atoms with van der Waals surface area (Å²) in [5.74, 6) is 0.286. The Labute approximate surface area is 110 Å². The monoisotopic (exact) mass is 266 g/mol. The highest BCUT2D eigenvalue weighted by atomic mass is 35.5. The minimum atomic E-state index is -0.804. The number of imidazole rings is 1. The molecule has 2 aromatic rings. The molecule has 1 heterocycles. The minimum Gasteiger partial charge on any atom is -0.465 e. The smallest absolute Gasteiger partial charge is 0.319 e. The van der Waals surface area contributed by atoms with Gasteiger partial charge in [0.15, 0.2) is 0 Å². The minimum absolute atomic E-state index is 0.296. The third-order valence-electron chi connectivity index (χ3n) is 2.82. The largest absolute Gasteiger partial charge is 0.465 e. The number of aromatic amines is 1. The van der Waals surface area contributed by atoms with E-state index < -0.39 is 5.41 Å². The van der Waals surface area contributed by atoms with Crippen LogP contribution in [0.1, 0.15) is 26.6 Å². The highest BCUT2D eigenvalue weighted by Crippen LogP contribution is 2.26. The van der Waals surface area contributed by atoms with E-state index in [2.05, 4.69) is 9.97 Å². The van der Waals surface area contributed by atoms with E-state index in [-0.39, 0.29) is 5.97 Å². The Morgan fingerprint density at radius 1 is 1.50 bits per heavy atom. The van der Waals surface area contributed by atoms with Gasteiger partial charge in [-0.1, -0.05) is 11.6 Å². The van der Waals surface area contributed by atoms with Gasteiger partial charge in [0.25, 0.3) is 0 Å². The molecular weight excluding hydrogens is 252 g/mol. The van der Waals surface area contributed by atoms with Crippen molar-refractivity contribution in [3.8, 4) is 0 Å². The van der Waals surface area contributed by atoms with Crippen molar-refractivity contribution in [2.45, 2.75) is 26.2 Å². The maximum atomic E-state index is 11.9. The second kappa shape index (κ2) is 4.61. The second-order valence-electron chi connectivity index (χ2n) is 4.59. The number of benzene rings is 1. The van der Waals surface area contributed by atoms with Crippen molar-refractivity contribution < 1.29 is 9.53 Å². The molecule has 5 heteroatoms. The zero-order valence-corrected chi connectivity index (χ0v) is 11.3. The molecule has 1 aromatic carbocycles. The quantitative estimate of drug-likeness (QED) is 0.869. The number of H-pyrrole nitrogens is 1. The molecule has 0 fully saturated rings. The van der Waals surface area contributed by atoms with Gasteiger partial charge in [-0.3, -0.25) is 4.79 Å². The maximum Gasteiger partial charge on any atom is 0.319 e. The van der Waals surface area contributed by atoms with Crippen molar-refractivity contribution in [1.29, 1.82) is 0 Å². The van der Waals surface area contributed by atoms with Crippen molar-refractivity contribution in [2.75, 3.05) is 6.61 Å². The van der Waals surface area contributed by atoms with Gasteiger partial charge in [-0.2, -0.15) is 0 Å². The van der Waals surface area contributed by atoms with E-state index in [1.165, 1.54) is 0 Å². The lowest BCUT2D eigenvalue weighted by molar-refractivity contribution is -0.149. The Hall–Kier alpha value is -1.55. The molecule has 1 aromatic heterocycles. The molecule has 1 N–H and O–H groups in total. The zero-order chi connectivity index (χ0) is 13.3. The first-order valence-electron chi connectivity index (χ1n) is 5.78. The van der Waals surface area contributed by atoms with Crippen LogP contribution in [0.2, 0.25) is 5.02 Å². The van der Waals surface area contributed by atoms with Gasteiger partial charge in [-0.15, -0.1) is 0 Å². The molecule has 0 spiro atoms. The molecule has 0 saturated heterocycles. The number of halogens is 1. The predicted octanol–water partition coefficient (Wildman–Crippen LogP) is 3.06. The standard InChI is InChI=1S/C13H15ClN2O2/c1-4-18-12(17)13(2,3)11-15-9-6-5-8(14)7-10(9)16-11/h5-7H,4H2,1-3H3,(H,15,16). The summed E-state index contributed by atoms with van der Waals surface area (Å²) in [5.41, 5.74) is 0.795. The van der Waals surface area contributed by atoms with E-state index in [1.54, 1.807) is 32.9 Å². The van der Waals surface area contributed by atoms with Crippen molar-refractivity contribution in [3.05, 3.63) is 29.0 Å². The van der Waals surface area contributed by atoms with Crippen molar-refractivity contribution in [2.24, 2.45) is 0 Å². The lowest BCUT2D eigenvalue weighted by Gasteiger charge is -2.19. The van der Waals surface area contributed by atoms with Gasteiger partial charge in [-0.25, -0.2) is 4.98 Å². The molecule has 0 amide bonds. The fourth-order valence-corrected chi connectivity index (χ4v) is 1.86. The number of ether oxygens (including phenoxy) is 1. The van der Waals surface area contributed by atoms with Crippen LogP contribution >= 0.6 is 11.6 Å². The number of aromatic nitrogens is 2. The van der Waals surface area contributed by atoms with Crippen molar-refractivity contribution in [1.82, 2.24) is 9.97 Å². The predicted molar refractivity (Wildman–Crippen MR) is 70.8 cm³/mol. The number of nitrogens with zero attached hydrogens (tertiary/aromatic N) is 1. The number of carbonyl (C=O) groups is 1. The number of esters is 1. The lowest BCUT2D eigenvalue weighted by Crippen LogP contribution is -2.32. The molecule has 0 bridgehead atoms. The summed E-state index contributed by atoms with van der Waals surface area (Å²) in [7, 11) is 0. The Morgan fingerprint density at radius 2 is 2.22 bits per heavy atom. The molecule has 0 radical (unpaired) electrons. The Morgan fingerprint density at radius 3 is 2.89 bits per heavy atom. The Bertz CT molecular complexity index is 590. The third kappa shape index (κ3) is 2.20. The van der Waals surface area contributed by atoms with Crippen LogP contribution < -0.4 is 0 Å². The second-order valence-corrected chi connectivity index (χ2v) is 5.03. The van der Waals surface area contributed by atoms with Gasteiger partial charge in [0.2, 0.25) is 0 Å². The van der Waals surface area contributed by atoms with E-state index >= 15 is 0 Å². The summed E-state index contributed by atoms with van der Waals surface area (Å²) >= 11 is 5.92. The van der Waals surface area contributed by atoms with Crippen LogP contribution in [0.25, 0.3) is 11.0 Å². The highest BCUT2D eigenvalue weighted by molar-refractivity contribution is 6.31. The van der Waals surface area contributed by atoms with Gasteiger partial charge < -0.3 is 9.72 Å². The van der Waals surface area contributed by atoms with Crippen LogP contribution in [-0.2, 0) is 14.9 Å². The zero-order valence-electron chi connectivity index (χ0n) is 10.6. The molecule has 96 valence electrons. The first-order chi connectivity index (χ1) is 8.45. The van der Waals surface area contributed by atoms with Crippen molar-refractivity contribution in [3.63, 3.8) is 0 Å². The van der Waals surface area contributed by atoms with Crippen LogP contribution in [-0.4, -0.2) is 22.5 Å². The molecular formula is C13H15ClN2O2. The third-order valence-corrected chi connectivity index (χ3v) is 3.06. The van der Waals surface area contributed by atoms with Crippen LogP contribution in [0.15, 0.2) is 18.2 Å². The average Bonchev–Trinajstić information content (AvgIpc) is 2.72. The molecule has 0 atom stereocenters. The summed E-state index contributed by atoms with van der Waals surface area (Å²) in [6, 6.07) is 5.37. The normalized spacial score (nSPS) is 11.8. The van der Waals surface area contributed by atoms with Gasteiger partial charge in [0, 0.05) is 5.02 Å². The number of fused-ring (bicyclic) bond motifs is 1. The average molecular weight is 267 g/mol. The number of nitrogens with one attached hydrogen (secondary N) is 1. The molecule has 2 rings (SSSR count). The summed E-state index contributed by atoms with van der Waals surface area (Å²) in [5, 5.41) is 0.631. The maximum absolute atomic E-state index is 11.9. The highest BCUT2D eigenvalue weighted by Gasteiger charge is 2.34. The molecule has 18 heavy (non-hydrogen) atoms. The Balaban J connectivity index is 2.44. The van der Waals surface area contributed by atoms with E-state index in [1.807, 2.05) is 6.07 Å². The van der Waals surface area contributed by atoms with E-state index in [9.17, 15) is 4.79 Å². The topological polar surface area (TPSA) is 55.0 Å². The van der Waals surface area contributed by atoms with Gasteiger partial charge in [0.1, 0.15) is 11.2 Å². The van der Waals surface area contributed by atoms with Gasteiger partial charge in [-0.05, 0) is 39.0 Å². The molecule has 0 saturated carbocycles. The number of carbonyl (C=O) groups excluding carboxylic acids is 1. The van der Waals surface area contributed by atoms with Crippen molar-refractivity contribution >= 4 is 28.6 Å². The SMILES string of the molecule is CCOC(=O)C(C)(C)c1nc2ccc(Cl)cc2[nH]1. The van der Waals surface area contributed by atoms with E-state index in [4.69, 9.17) is 16.3 Å². The lowest BCUT2D eigenvalue weighted by atomic mass is 9.93. The fourth-order valence-electron chi connectivity index (χ4n) is 1.69. The summed E-state index contributed by atoms with van der Waals surface area (Å²) < 4.78 is 5.06. The summed E-state index contributed by atoms with van der Waals surface area (Å²) in [6.07, 6.45) is 0. The van der Waals surface area contributed by atoms with Crippen LogP contribution in [0.5, 0.6) is 0 Å². The molecule has 0 unspecified atom stereocenters. The van der Waals surface area contributed by atoms with Crippen LogP contribution in [0.3, 0.4) is 0 Å². The molecule has 0 aliphatic heterocycles. The molecule has 4 nitrogen and oxygen atoms in total. The van der Waals surface area contributed by atoms with Crippen LogP contribution in [0, 0.1) is 0 Å². The summed E-state index contributed by atoms with van der Waals surface area (Å²) in [6.45, 7) is 5.70. The van der Waals surface area contributed by atoms with E-state index in [0.717, 1.165) is 11.0 Å². The number of hydrogen-bond donors (Lipinski definition) is 1. The van der Waals surface area contributed by atoms with Gasteiger partial charge in [0.05, 0.1) is 17.6 Å². The Kier molecular flexibility index (Phi) is 3.30. The first-order valence-corrected chi connectivity index (χ1v) is 6.16. The fraction of sp³-hybridized carbons (Fsp3) is 0.385. The first kappa shape index (κ1) is 12.9. The van der Waals surface area contributed by atoms with Gasteiger partial charge >= 0.3 is 5.97 Å². The molecule has 0 aliphatic carbocycles.